The molecule has 3 aromatic rings. The first kappa shape index (κ1) is 25.8. The molecule has 7 nitrogen and oxygen atoms in total. The number of nitrogens with one attached hydrogen (secondary N) is 1. The van der Waals surface area contributed by atoms with E-state index < -0.39 is 23.3 Å². The Morgan fingerprint density at radius 1 is 1.13 bits per heavy atom. The van der Waals surface area contributed by atoms with Gasteiger partial charge in [0.1, 0.15) is 5.65 Å². The summed E-state index contributed by atoms with van der Waals surface area (Å²) >= 11 is 0. The highest BCUT2D eigenvalue weighted by Gasteiger charge is 2.40. The predicted molar refractivity (Wildman–Crippen MR) is 135 cm³/mol. The van der Waals surface area contributed by atoms with E-state index in [2.05, 4.69) is 10.3 Å². The van der Waals surface area contributed by atoms with Crippen LogP contribution in [0.25, 0.3) is 11.0 Å². The number of carbonyl (C=O) groups is 2. The van der Waals surface area contributed by atoms with Gasteiger partial charge < -0.3 is 14.8 Å². The van der Waals surface area contributed by atoms with E-state index in [-0.39, 0.29) is 39.9 Å². The van der Waals surface area contributed by atoms with Gasteiger partial charge in [0.2, 0.25) is 5.91 Å². The third-order valence-electron chi connectivity index (χ3n) is 7.75. The highest BCUT2D eigenvalue weighted by molar-refractivity contribution is 6.06. The Labute approximate surface area is 218 Å². The summed E-state index contributed by atoms with van der Waals surface area (Å²) in [5.74, 6) is -0.690. The van der Waals surface area contributed by atoms with Gasteiger partial charge in [0, 0.05) is 43.2 Å². The molecule has 1 aliphatic carbocycles. The van der Waals surface area contributed by atoms with E-state index in [4.69, 9.17) is 5.26 Å². The fraction of sp³-hybridized carbons (Fsp3) is 0.429. The molecule has 0 radical (unpaired) electrons. The molecule has 2 fully saturated rings. The van der Waals surface area contributed by atoms with E-state index >= 15 is 0 Å². The quantitative estimate of drug-likeness (QED) is 0.481. The molecule has 198 valence electrons. The Bertz CT molecular complexity index is 1420. The lowest BCUT2D eigenvalue weighted by atomic mass is 9.87. The molecule has 2 aromatic heterocycles. The zero-order valence-corrected chi connectivity index (χ0v) is 21.0. The van der Waals surface area contributed by atoms with E-state index in [0.717, 1.165) is 31.9 Å². The average molecular weight is 524 g/mol. The molecule has 0 atom stereocenters. The van der Waals surface area contributed by atoms with Crippen molar-refractivity contribution in [3.05, 3.63) is 58.9 Å². The van der Waals surface area contributed by atoms with Crippen molar-refractivity contribution >= 4 is 28.5 Å². The molecule has 1 saturated heterocycles. The molecule has 1 aliphatic heterocycles. The topological polar surface area (TPSA) is 91.0 Å². The highest BCUT2D eigenvalue weighted by Crippen LogP contribution is 2.44. The molecule has 2 amide bonds. The van der Waals surface area contributed by atoms with Crippen molar-refractivity contribution in [3.8, 4) is 6.07 Å². The van der Waals surface area contributed by atoms with Gasteiger partial charge in [-0.1, -0.05) is 18.9 Å². The number of hydrogen-bond acceptors (Lipinski definition) is 4. The van der Waals surface area contributed by atoms with E-state index in [9.17, 15) is 22.8 Å². The predicted octanol–water partition coefficient (Wildman–Crippen LogP) is 5.61. The number of anilines is 1. The summed E-state index contributed by atoms with van der Waals surface area (Å²) in [7, 11) is 1.66. The SMILES string of the molecule is Cn1cc(C2CCN(C(=O)C3CCCC3)CC2)c2c(C(F)(F)F)c(NC(=O)c3cccc(C#N)c3)cnc21. The second-order valence-corrected chi connectivity index (χ2v) is 10.2. The number of fused-ring (bicyclic) bond motifs is 1. The number of aryl methyl sites for hydroxylation is 1. The van der Waals surface area contributed by atoms with Crippen molar-refractivity contribution in [1.29, 1.82) is 5.26 Å². The van der Waals surface area contributed by atoms with E-state index in [0.29, 0.717) is 31.5 Å². The summed E-state index contributed by atoms with van der Waals surface area (Å²) in [6.07, 6.45) is 3.05. The number of benzene rings is 1. The van der Waals surface area contributed by atoms with E-state index in [1.807, 2.05) is 11.0 Å². The van der Waals surface area contributed by atoms with Gasteiger partial charge >= 0.3 is 6.18 Å². The van der Waals surface area contributed by atoms with Gasteiger partial charge in [0.15, 0.2) is 0 Å². The normalized spacial score (nSPS) is 17.1. The van der Waals surface area contributed by atoms with Crippen LogP contribution in [0.5, 0.6) is 0 Å². The Morgan fingerprint density at radius 3 is 2.50 bits per heavy atom. The number of rotatable bonds is 4. The minimum atomic E-state index is -4.76. The molecule has 0 unspecified atom stereocenters. The number of pyridine rings is 1. The van der Waals surface area contributed by atoms with Gasteiger partial charge in [-0.15, -0.1) is 0 Å². The van der Waals surface area contributed by atoms with Crippen LogP contribution in [0.2, 0.25) is 0 Å². The molecule has 5 rings (SSSR count). The maximum absolute atomic E-state index is 14.6. The highest BCUT2D eigenvalue weighted by atomic mass is 19.4. The standard InChI is InChI=1S/C28H28F3N5O2/c1-35-16-21(18-9-11-36(12-10-18)27(38)19-6-2-3-7-19)23-24(28(29,30)31)22(15-33-25(23)35)34-26(37)20-8-4-5-17(13-20)14-32/h4-5,8,13,15-16,18-19H,2-3,6-7,9-12H2,1H3,(H,34,37). The van der Waals surface area contributed by atoms with Crippen molar-refractivity contribution in [2.45, 2.75) is 50.6 Å². The third-order valence-corrected chi connectivity index (χ3v) is 7.75. The monoisotopic (exact) mass is 523 g/mol. The van der Waals surface area contributed by atoms with Crippen molar-refractivity contribution < 1.29 is 22.8 Å². The lowest BCUT2D eigenvalue weighted by Crippen LogP contribution is -2.40. The Hall–Kier alpha value is -3.87. The minimum absolute atomic E-state index is 0.0239. The van der Waals surface area contributed by atoms with E-state index in [1.54, 1.807) is 17.8 Å². The fourth-order valence-corrected chi connectivity index (χ4v) is 5.84. The van der Waals surface area contributed by atoms with Gasteiger partial charge in [0.25, 0.3) is 5.91 Å². The van der Waals surface area contributed by atoms with Gasteiger partial charge in [-0.2, -0.15) is 18.4 Å². The molecule has 0 spiro atoms. The van der Waals surface area contributed by atoms with Crippen LogP contribution in [-0.4, -0.2) is 39.4 Å². The number of likely N-dealkylation sites (tertiary alicyclic amines) is 1. The fourth-order valence-electron chi connectivity index (χ4n) is 5.84. The molecule has 1 aromatic carbocycles. The van der Waals surface area contributed by atoms with Crippen LogP contribution >= 0.6 is 0 Å². The summed E-state index contributed by atoms with van der Waals surface area (Å²) in [4.78, 5) is 31.8. The second kappa shape index (κ2) is 10.1. The third kappa shape index (κ3) is 4.85. The first-order valence-corrected chi connectivity index (χ1v) is 12.8. The van der Waals surface area contributed by atoms with Crippen molar-refractivity contribution in [1.82, 2.24) is 14.5 Å². The number of alkyl halides is 3. The van der Waals surface area contributed by atoms with Crippen LogP contribution in [0.1, 0.15) is 71.5 Å². The zero-order valence-electron chi connectivity index (χ0n) is 21.0. The Kier molecular flexibility index (Phi) is 6.86. The smallest absolute Gasteiger partial charge is 0.342 e. The number of nitrogens with zero attached hydrogens (tertiary/aromatic N) is 4. The van der Waals surface area contributed by atoms with Gasteiger partial charge in [0.05, 0.1) is 29.1 Å². The molecule has 10 heteroatoms. The van der Waals surface area contributed by atoms with Crippen molar-refractivity contribution in [2.24, 2.45) is 13.0 Å². The number of amides is 2. The molecule has 1 saturated carbocycles. The Morgan fingerprint density at radius 2 is 1.84 bits per heavy atom. The number of piperidine rings is 1. The number of hydrogen-bond donors (Lipinski definition) is 1. The van der Waals surface area contributed by atoms with Crippen LogP contribution in [0.3, 0.4) is 0 Å². The molecule has 38 heavy (non-hydrogen) atoms. The summed E-state index contributed by atoms with van der Waals surface area (Å²) in [5, 5.41) is 11.4. The average Bonchev–Trinajstić information content (AvgIpc) is 3.56. The molecule has 0 bridgehead atoms. The number of carbonyl (C=O) groups excluding carboxylic acids is 2. The second-order valence-electron chi connectivity index (χ2n) is 10.2. The molecule has 2 aliphatic rings. The lowest BCUT2D eigenvalue weighted by Gasteiger charge is -2.33. The van der Waals surface area contributed by atoms with Crippen LogP contribution in [0, 0.1) is 17.2 Å². The van der Waals surface area contributed by atoms with Crippen molar-refractivity contribution in [3.63, 3.8) is 0 Å². The summed E-state index contributed by atoms with van der Waals surface area (Å²) in [5.41, 5.74) is -0.361. The zero-order chi connectivity index (χ0) is 27.0. The number of aromatic nitrogens is 2. The Balaban J connectivity index is 1.47. The minimum Gasteiger partial charge on any atom is -0.342 e. The molecule has 1 N–H and O–H groups in total. The van der Waals surface area contributed by atoms with Crippen LogP contribution in [0.15, 0.2) is 36.7 Å². The maximum Gasteiger partial charge on any atom is 0.419 e. The number of halogens is 3. The first-order chi connectivity index (χ1) is 18.2. The lowest BCUT2D eigenvalue weighted by molar-refractivity contribution is -0.136. The largest absolute Gasteiger partial charge is 0.419 e. The summed E-state index contributed by atoms with van der Waals surface area (Å²) < 4.78 is 45.3. The summed E-state index contributed by atoms with van der Waals surface area (Å²) in [6.45, 7) is 1.02. The first-order valence-electron chi connectivity index (χ1n) is 12.8. The van der Waals surface area contributed by atoms with Gasteiger partial charge in [-0.05, 0) is 55.4 Å². The number of nitriles is 1. The van der Waals surface area contributed by atoms with E-state index in [1.165, 1.54) is 24.3 Å². The maximum atomic E-state index is 14.6. The van der Waals surface area contributed by atoms with Crippen molar-refractivity contribution in [2.75, 3.05) is 18.4 Å². The van der Waals surface area contributed by atoms with Gasteiger partial charge in [-0.25, -0.2) is 4.98 Å². The molecular weight excluding hydrogens is 495 g/mol. The summed E-state index contributed by atoms with van der Waals surface area (Å²) in [6, 6.07) is 7.68. The molecule has 3 heterocycles. The van der Waals surface area contributed by atoms with Crippen LogP contribution in [-0.2, 0) is 18.0 Å². The van der Waals surface area contributed by atoms with Crippen LogP contribution in [0.4, 0.5) is 18.9 Å². The van der Waals surface area contributed by atoms with Crippen LogP contribution < -0.4 is 5.32 Å². The van der Waals surface area contributed by atoms with Gasteiger partial charge in [-0.3, -0.25) is 9.59 Å². The molecular formula is C28H28F3N5O2.